The number of nitrogens with one attached hydrogen (secondary N) is 2. The lowest BCUT2D eigenvalue weighted by molar-refractivity contribution is 0.144. The normalized spacial score (nSPS) is 19.2. The maximum atomic E-state index is 12.2. The monoisotopic (exact) mass is 250 g/mol. The number of nitrogens with zero attached hydrogens (tertiary/aromatic N) is 2. The van der Waals surface area contributed by atoms with Crippen LogP contribution in [0, 0.1) is 5.92 Å². The van der Waals surface area contributed by atoms with Gasteiger partial charge in [0.2, 0.25) is 0 Å². The van der Waals surface area contributed by atoms with E-state index in [0.29, 0.717) is 5.92 Å². The predicted molar refractivity (Wildman–Crippen MR) is 70.2 cm³/mol. The molecule has 1 unspecified atom stereocenters. The van der Waals surface area contributed by atoms with Gasteiger partial charge < -0.3 is 15.2 Å². The highest BCUT2D eigenvalue weighted by molar-refractivity contribution is 5.75. The van der Waals surface area contributed by atoms with E-state index in [0.717, 1.165) is 18.7 Å². The number of aromatic nitrogens is 2. The fourth-order valence-electron chi connectivity index (χ4n) is 2.54. The molecule has 1 aromatic rings. The highest BCUT2D eigenvalue weighted by Gasteiger charge is 2.34. The van der Waals surface area contributed by atoms with Gasteiger partial charge in [-0.1, -0.05) is 13.8 Å². The van der Waals surface area contributed by atoms with E-state index < -0.39 is 0 Å². The van der Waals surface area contributed by atoms with Crippen molar-refractivity contribution >= 4 is 6.03 Å². The minimum atomic E-state index is 0.0114. The standard InChI is InChI=1S/C13H22N4O/c1-8(2)12-11-10(14-7-15-11)5-6-17(12)13(18)16-9(3)4/h7-9,12H,5-6H2,1-4H3,(H,14,15)(H,16,18). The number of aromatic amines is 1. The van der Waals surface area contributed by atoms with Gasteiger partial charge in [0.1, 0.15) is 0 Å². The van der Waals surface area contributed by atoms with Crippen LogP contribution < -0.4 is 5.32 Å². The molecule has 0 spiro atoms. The molecular weight excluding hydrogens is 228 g/mol. The highest BCUT2D eigenvalue weighted by Crippen LogP contribution is 2.33. The van der Waals surface area contributed by atoms with Gasteiger partial charge in [0.25, 0.3) is 0 Å². The van der Waals surface area contributed by atoms with Gasteiger partial charge in [-0.05, 0) is 19.8 Å². The Bertz CT molecular complexity index is 424. The molecule has 5 nitrogen and oxygen atoms in total. The van der Waals surface area contributed by atoms with E-state index in [-0.39, 0.29) is 18.1 Å². The molecule has 100 valence electrons. The molecular formula is C13H22N4O. The van der Waals surface area contributed by atoms with E-state index in [9.17, 15) is 4.79 Å². The Labute approximate surface area is 108 Å². The summed E-state index contributed by atoms with van der Waals surface area (Å²) < 4.78 is 0. The molecule has 18 heavy (non-hydrogen) atoms. The van der Waals surface area contributed by atoms with Crippen molar-refractivity contribution in [3.8, 4) is 0 Å². The van der Waals surface area contributed by atoms with E-state index in [1.807, 2.05) is 18.7 Å². The van der Waals surface area contributed by atoms with Gasteiger partial charge in [-0.2, -0.15) is 0 Å². The Morgan fingerprint density at radius 1 is 1.50 bits per heavy atom. The van der Waals surface area contributed by atoms with Crippen LogP contribution in [0.15, 0.2) is 6.33 Å². The van der Waals surface area contributed by atoms with E-state index >= 15 is 0 Å². The van der Waals surface area contributed by atoms with Crippen LogP contribution in [0.25, 0.3) is 0 Å². The Kier molecular flexibility index (Phi) is 3.59. The first-order chi connectivity index (χ1) is 8.50. The largest absolute Gasteiger partial charge is 0.348 e. The Morgan fingerprint density at radius 3 is 2.83 bits per heavy atom. The summed E-state index contributed by atoms with van der Waals surface area (Å²) in [7, 11) is 0. The first-order valence-electron chi connectivity index (χ1n) is 6.60. The van der Waals surface area contributed by atoms with Crippen LogP contribution in [0.3, 0.4) is 0 Å². The number of hydrogen-bond acceptors (Lipinski definition) is 2. The van der Waals surface area contributed by atoms with Crippen LogP contribution in [-0.4, -0.2) is 33.5 Å². The average Bonchev–Trinajstić information content (AvgIpc) is 2.73. The van der Waals surface area contributed by atoms with Crippen molar-refractivity contribution in [1.82, 2.24) is 20.2 Å². The average molecular weight is 250 g/mol. The molecule has 1 aromatic heterocycles. The molecule has 2 amide bonds. The number of fused-ring (bicyclic) bond motifs is 1. The van der Waals surface area contributed by atoms with Gasteiger partial charge in [-0.3, -0.25) is 0 Å². The summed E-state index contributed by atoms with van der Waals surface area (Å²) in [5.41, 5.74) is 2.19. The van der Waals surface area contributed by atoms with Crippen LogP contribution in [0.1, 0.15) is 45.1 Å². The number of carbonyl (C=O) groups excluding carboxylic acids is 1. The maximum absolute atomic E-state index is 12.2. The third kappa shape index (κ3) is 2.35. The van der Waals surface area contributed by atoms with Crippen molar-refractivity contribution < 1.29 is 4.79 Å². The first-order valence-corrected chi connectivity index (χ1v) is 6.60. The summed E-state index contributed by atoms with van der Waals surface area (Å²) in [6.45, 7) is 8.96. The molecule has 2 N–H and O–H groups in total. The molecule has 1 aliphatic rings. The lowest BCUT2D eigenvalue weighted by Crippen LogP contribution is -2.49. The van der Waals surface area contributed by atoms with Crippen molar-refractivity contribution in [2.24, 2.45) is 5.92 Å². The fraction of sp³-hybridized carbons (Fsp3) is 0.692. The zero-order valence-electron chi connectivity index (χ0n) is 11.5. The SMILES string of the molecule is CC(C)NC(=O)N1CCc2[nH]cnc2C1C(C)C. The smallest absolute Gasteiger partial charge is 0.318 e. The quantitative estimate of drug-likeness (QED) is 0.844. The van der Waals surface area contributed by atoms with Gasteiger partial charge >= 0.3 is 6.03 Å². The molecule has 0 saturated heterocycles. The molecule has 5 heteroatoms. The van der Waals surface area contributed by atoms with Crippen molar-refractivity contribution in [3.05, 3.63) is 17.7 Å². The van der Waals surface area contributed by atoms with E-state index in [2.05, 4.69) is 29.1 Å². The van der Waals surface area contributed by atoms with Crippen LogP contribution in [0.5, 0.6) is 0 Å². The number of H-pyrrole nitrogens is 1. The Morgan fingerprint density at radius 2 is 2.22 bits per heavy atom. The van der Waals surface area contributed by atoms with Gasteiger partial charge in [0.15, 0.2) is 0 Å². The topological polar surface area (TPSA) is 61.0 Å². The summed E-state index contributed by atoms with van der Waals surface area (Å²) in [5.74, 6) is 0.352. The van der Waals surface area contributed by atoms with Crippen molar-refractivity contribution in [2.45, 2.75) is 46.2 Å². The molecule has 1 aliphatic heterocycles. The van der Waals surface area contributed by atoms with Crippen molar-refractivity contribution in [3.63, 3.8) is 0 Å². The van der Waals surface area contributed by atoms with Crippen molar-refractivity contribution in [2.75, 3.05) is 6.54 Å². The lowest BCUT2D eigenvalue weighted by Gasteiger charge is -2.37. The molecule has 0 saturated carbocycles. The lowest BCUT2D eigenvalue weighted by atomic mass is 9.93. The number of rotatable bonds is 2. The first kappa shape index (κ1) is 12.9. The van der Waals surface area contributed by atoms with Gasteiger partial charge in [0, 0.05) is 24.7 Å². The second-order valence-corrected chi connectivity index (χ2v) is 5.50. The second kappa shape index (κ2) is 5.00. The number of urea groups is 1. The van der Waals surface area contributed by atoms with Gasteiger partial charge in [0.05, 0.1) is 18.1 Å². The zero-order chi connectivity index (χ0) is 13.3. The number of imidazole rings is 1. The van der Waals surface area contributed by atoms with Crippen LogP contribution in [0.2, 0.25) is 0 Å². The number of carbonyl (C=O) groups is 1. The summed E-state index contributed by atoms with van der Waals surface area (Å²) in [4.78, 5) is 21.7. The van der Waals surface area contributed by atoms with E-state index in [1.54, 1.807) is 6.33 Å². The number of amides is 2. The molecule has 0 bridgehead atoms. The van der Waals surface area contributed by atoms with Crippen molar-refractivity contribution in [1.29, 1.82) is 0 Å². The molecule has 0 fully saturated rings. The number of hydrogen-bond donors (Lipinski definition) is 2. The molecule has 0 radical (unpaired) electrons. The fourth-order valence-corrected chi connectivity index (χ4v) is 2.54. The molecule has 2 rings (SSSR count). The summed E-state index contributed by atoms with van der Waals surface area (Å²) in [6, 6.07) is 0.238. The van der Waals surface area contributed by atoms with E-state index in [4.69, 9.17) is 0 Å². The van der Waals surface area contributed by atoms with Gasteiger partial charge in [-0.15, -0.1) is 0 Å². The molecule has 0 aliphatic carbocycles. The second-order valence-electron chi connectivity index (χ2n) is 5.50. The van der Waals surface area contributed by atoms with Crippen LogP contribution in [-0.2, 0) is 6.42 Å². The van der Waals surface area contributed by atoms with Crippen LogP contribution >= 0.6 is 0 Å². The molecule has 0 aromatic carbocycles. The maximum Gasteiger partial charge on any atom is 0.318 e. The third-order valence-electron chi connectivity index (χ3n) is 3.27. The molecule has 2 heterocycles. The predicted octanol–water partition coefficient (Wildman–Crippen LogP) is 2.08. The summed E-state index contributed by atoms with van der Waals surface area (Å²) in [6.07, 6.45) is 2.58. The minimum absolute atomic E-state index is 0.0114. The minimum Gasteiger partial charge on any atom is -0.348 e. The summed E-state index contributed by atoms with van der Waals surface area (Å²) in [5, 5.41) is 2.97. The zero-order valence-corrected chi connectivity index (χ0v) is 11.5. The Hall–Kier alpha value is -1.52. The Balaban J connectivity index is 2.24. The van der Waals surface area contributed by atoms with E-state index in [1.165, 1.54) is 5.69 Å². The van der Waals surface area contributed by atoms with Gasteiger partial charge in [-0.25, -0.2) is 9.78 Å². The highest BCUT2D eigenvalue weighted by atomic mass is 16.2. The molecule has 1 atom stereocenters. The summed E-state index contributed by atoms with van der Waals surface area (Å²) >= 11 is 0. The third-order valence-corrected chi connectivity index (χ3v) is 3.27. The van der Waals surface area contributed by atoms with Crippen LogP contribution in [0.4, 0.5) is 4.79 Å².